The molecule has 2 rings (SSSR count). The monoisotopic (exact) mass is 278 g/mol. The van der Waals surface area contributed by atoms with E-state index in [2.05, 4.69) is 17.1 Å². The molecule has 1 aromatic carbocycles. The molecule has 0 aliphatic carbocycles. The highest BCUT2D eigenvalue weighted by molar-refractivity contribution is 5.73. The Kier molecular flexibility index (Phi) is 5.12. The molecule has 1 N–H and O–H groups in total. The minimum Gasteiger partial charge on any atom is -0.352 e. The summed E-state index contributed by atoms with van der Waals surface area (Å²) in [5.41, 5.74) is 1.16. The van der Waals surface area contributed by atoms with Gasteiger partial charge in [-0.2, -0.15) is 0 Å². The van der Waals surface area contributed by atoms with Gasteiger partial charge < -0.3 is 10.2 Å². The van der Waals surface area contributed by atoms with Crippen LogP contribution >= 0.6 is 0 Å². The molecule has 0 saturated carbocycles. The molecule has 1 aromatic rings. The van der Waals surface area contributed by atoms with Gasteiger partial charge in [-0.3, -0.25) is 4.79 Å². The van der Waals surface area contributed by atoms with Crippen molar-refractivity contribution < 1.29 is 9.18 Å². The normalized spacial score (nSPS) is 21.4. The third-order valence-corrected chi connectivity index (χ3v) is 3.88. The van der Waals surface area contributed by atoms with Gasteiger partial charge in [-0.05, 0) is 43.0 Å². The molecule has 1 fully saturated rings. The van der Waals surface area contributed by atoms with Crippen LogP contribution in [0.2, 0.25) is 0 Å². The van der Waals surface area contributed by atoms with Crippen molar-refractivity contribution in [1.82, 2.24) is 10.2 Å². The van der Waals surface area contributed by atoms with E-state index in [1.54, 1.807) is 6.92 Å². The molecule has 1 amide bonds. The second kappa shape index (κ2) is 6.84. The zero-order valence-electron chi connectivity index (χ0n) is 12.2. The second-order valence-electron chi connectivity index (χ2n) is 5.75. The summed E-state index contributed by atoms with van der Waals surface area (Å²) in [6.07, 6.45) is 2.17. The van der Waals surface area contributed by atoms with Crippen molar-refractivity contribution in [1.29, 1.82) is 0 Å². The minimum atomic E-state index is -0.190. The fourth-order valence-electron chi connectivity index (χ4n) is 2.91. The average Bonchev–Trinajstić information content (AvgIpc) is 2.39. The van der Waals surface area contributed by atoms with Crippen molar-refractivity contribution >= 4 is 5.91 Å². The molecule has 1 aliphatic rings. The van der Waals surface area contributed by atoms with E-state index in [1.165, 1.54) is 12.1 Å². The Hall–Kier alpha value is -1.42. The van der Waals surface area contributed by atoms with E-state index in [0.29, 0.717) is 5.92 Å². The Labute approximate surface area is 120 Å². The smallest absolute Gasteiger partial charge is 0.217 e. The van der Waals surface area contributed by atoms with E-state index in [1.807, 2.05) is 12.1 Å². The van der Waals surface area contributed by atoms with Crippen molar-refractivity contribution in [2.75, 3.05) is 19.6 Å². The maximum Gasteiger partial charge on any atom is 0.217 e. The van der Waals surface area contributed by atoms with Gasteiger partial charge in [-0.25, -0.2) is 4.39 Å². The van der Waals surface area contributed by atoms with E-state index < -0.39 is 0 Å². The van der Waals surface area contributed by atoms with E-state index in [-0.39, 0.29) is 17.8 Å². The highest BCUT2D eigenvalue weighted by Gasteiger charge is 2.21. The van der Waals surface area contributed by atoms with Crippen LogP contribution < -0.4 is 5.32 Å². The molecule has 0 radical (unpaired) electrons. The van der Waals surface area contributed by atoms with Gasteiger partial charge in [0, 0.05) is 26.1 Å². The maximum absolute atomic E-state index is 12.9. The van der Waals surface area contributed by atoms with Crippen LogP contribution in [0, 0.1) is 5.82 Å². The third-order valence-electron chi connectivity index (χ3n) is 3.88. The molecular weight excluding hydrogens is 255 g/mol. The van der Waals surface area contributed by atoms with Gasteiger partial charge in [0.2, 0.25) is 5.91 Å². The fraction of sp³-hybridized carbons (Fsp3) is 0.562. The quantitative estimate of drug-likeness (QED) is 0.918. The molecule has 1 saturated heterocycles. The number of rotatable bonds is 4. The number of benzene rings is 1. The maximum atomic E-state index is 12.9. The number of piperidine rings is 1. The van der Waals surface area contributed by atoms with Crippen molar-refractivity contribution in [3.05, 3.63) is 35.6 Å². The van der Waals surface area contributed by atoms with E-state index in [9.17, 15) is 9.18 Å². The molecule has 20 heavy (non-hydrogen) atoms. The summed E-state index contributed by atoms with van der Waals surface area (Å²) in [5.74, 6) is 0.222. The predicted octanol–water partition coefficient (Wildman–Crippen LogP) is 2.53. The summed E-state index contributed by atoms with van der Waals surface area (Å²) in [6, 6.07) is 7.01. The number of nitrogens with zero attached hydrogens (tertiary/aromatic N) is 1. The van der Waals surface area contributed by atoms with Gasteiger partial charge in [0.15, 0.2) is 0 Å². The SMILES string of the molecule is CC(=O)N[C@@H]1CCCN(C[C@@H](C)c2ccc(F)cc2)C1. The number of carbonyl (C=O) groups is 1. The van der Waals surface area contributed by atoms with Gasteiger partial charge in [-0.1, -0.05) is 19.1 Å². The van der Waals surface area contributed by atoms with Gasteiger partial charge in [0.1, 0.15) is 5.82 Å². The zero-order chi connectivity index (χ0) is 14.5. The molecule has 2 atom stereocenters. The second-order valence-corrected chi connectivity index (χ2v) is 5.75. The number of carbonyl (C=O) groups excluding carboxylic acids is 1. The lowest BCUT2D eigenvalue weighted by atomic mass is 9.98. The topological polar surface area (TPSA) is 32.3 Å². The summed E-state index contributed by atoms with van der Waals surface area (Å²) in [4.78, 5) is 13.5. The number of nitrogens with one attached hydrogen (secondary N) is 1. The van der Waals surface area contributed by atoms with Gasteiger partial charge in [0.25, 0.3) is 0 Å². The van der Waals surface area contributed by atoms with Crippen molar-refractivity contribution in [2.24, 2.45) is 0 Å². The first kappa shape index (κ1) is 15.0. The third kappa shape index (κ3) is 4.30. The highest BCUT2D eigenvalue weighted by atomic mass is 19.1. The standard InChI is InChI=1S/C16H23FN2O/c1-12(14-5-7-15(17)8-6-14)10-19-9-3-4-16(11-19)18-13(2)20/h5-8,12,16H,3-4,9-11H2,1-2H3,(H,18,20)/t12-,16-/m1/s1. The lowest BCUT2D eigenvalue weighted by molar-refractivity contribution is -0.120. The summed E-state index contributed by atoms with van der Waals surface area (Å²) in [6.45, 7) is 6.66. The van der Waals surface area contributed by atoms with E-state index >= 15 is 0 Å². The van der Waals surface area contributed by atoms with Crippen LogP contribution in [-0.2, 0) is 4.79 Å². The summed E-state index contributed by atoms with van der Waals surface area (Å²) in [5, 5.41) is 3.00. The van der Waals surface area contributed by atoms with Crippen molar-refractivity contribution in [2.45, 2.75) is 38.6 Å². The number of hydrogen-bond donors (Lipinski definition) is 1. The Morgan fingerprint density at radius 2 is 2.15 bits per heavy atom. The Balaban J connectivity index is 1.88. The molecule has 110 valence electrons. The molecule has 1 aliphatic heterocycles. The van der Waals surface area contributed by atoms with Crippen LogP contribution in [0.5, 0.6) is 0 Å². The first-order valence-corrected chi connectivity index (χ1v) is 7.29. The predicted molar refractivity (Wildman–Crippen MR) is 78.1 cm³/mol. The lowest BCUT2D eigenvalue weighted by Crippen LogP contribution is -2.47. The summed E-state index contributed by atoms with van der Waals surface area (Å²) < 4.78 is 12.9. The number of amides is 1. The Morgan fingerprint density at radius 3 is 2.80 bits per heavy atom. The van der Waals surface area contributed by atoms with Crippen LogP contribution in [0.1, 0.15) is 38.2 Å². The fourth-order valence-corrected chi connectivity index (χ4v) is 2.91. The van der Waals surface area contributed by atoms with E-state index in [0.717, 1.165) is 38.0 Å². The summed E-state index contributed by atoms with van der Waals surface area (Å²) in [7, 11) is 0. The molecule has 0 bridgehead atoms. The molecule has 1 heterocycles. The van der Waals surface area contributed by atoms with Crippen LogP contribution in [0.15, 0.2) is 24.3 Å². The molecule has 4 heteroatoms. The minimum absolute atomic E-state index is 0.0448. The Bertz CT molecular complexity index is 446. The number of hydrogen-bond acceptors (Lipinski definition) is 2. The first-order valence-electron chi connectivity index (χ1n) is 7.29. The van der Waals surface area contributed by atoms with Crippen LogP contribution in [0.3, 0.4) is 0 Å². The van der Waals surface area contributed by atoms with Gasteiger partial charge >= 0.3 is 0 Å². The molecular formula is C16H23FN2O. The molecule has 3 nitrogen and oxygen atoms in total. The first-order chi connectivity index (χ1) is 9.54. The highest BCUT2D eigenvalue weighted by Crippen LogP contribution is 2.19. The van der Waals surface area contributed by atoms with Crippen LogP contribution in [0.25, 0.3) is 0 Å². The van der Waals surface area contributed by atoms with Crippen molar-refractivity contribution in [3.8, 4) is 0 Å². The van der Waals surface area contributed by atoms with Crippen LogP contribution in [-0.4, -0.2) is 36.5 Å². The van der Waals surface area contributed by atoms with Crippen molar-refractivity contribution in [3.63, 3.8) is 0 Å². The van der Waals surface area contributed by atoms with E-state index in [4.69, 9.17) is 0 Å². The zero-order valence-corrected chi connectivity index (χ0v) is 12.2. The number of likely N-dealkylation sites (tertiary alicyclic amines) is 1. The summed E-state index contributed by atoms with van der Waals surface area (Å²) >= 11 is 0. The van der Waals surface area contributed by atoms with Gasteiger partial charge in [-0.15, -0.1) is 0 Å². The Morgan fingerprint density at radius 1 is 1.45 bits per heavy atom. The molecule has 0 unspecified atom stereocenters. The molecule has 0 spiro atoms. The van der Waals surface area contributed by atoms with Gasteiger partial charge in [0.05, 0.1) is 0 Å². The largest absolute Gasteiger partial charge is 0.352 e. The molecule has 0 aromatic heterocycles. The number of halogens is 1. The lowest BCUT2D eigenvalue weighted by Gasteiger charge is -2.34. The van der Waals surface area contributed by atoms with Crippen LogP contribution in [0.4, 0.5) is 4.39 Å². The average molecular weight is 278 g/mol.